The molecule has 1 N–H and O–H groups in total. The monoisotopic (exact) mass is 389 g/mol. The summed E-state index contributed by atoms with van der Waals surface area (Å²) < 4.78 is 1.77. The summed E-state index contributed by atoms with van der Waals surface area (Å²) in [5.74, 6) is 0.825. The summed E-state index contributed by atoms with van der Waals surface area (Å²) >= 11 is 0. The Morgan fingerprint density at radius 3 is 2.69 bits per heavy atom. The van der Waals surface area contributed by atoms with E-state index < -0.39 is 0 Å². The Morgan fingerprint density at radius 1 is 1.17 bits per heavy atom. The number of aromatic nitrogens is 3. The third-order valence-electron chi connectivity index (χ3n) is 5.32. The Bertz CT molecular complexity index is 952. The summed E-state index contributed by atoms with van der Waals surface area (Å²) in [7, 11) is 0. The zero-order chi connectivity index (χ0) is 20.2. The van der Waals surface area contributed by atoms with E-state index in [1.165, 1.54) is 5.56 Å². The lowest BCUT2D eigenvalue weighted by Gasteiger charge is -2.17. The van der Waals surface area contributed by atoms with Gasteiger partial charge in [-0.25, -0.2) is 9.67 Å². The molecule has 29 heavy (non-hydrogen) atoms. The molecule has 1 amide bonds. The highest BCUT2D eigenvalue weighted by atomic mass is 16.1. The number of hydrogen-bond acceptors (Lipinski definition) is 4. The van der Waals surface area contributed by atoms with Crippen LogP contribution < -0.4 is 5.32 Å². The Balaban J connectivity index is 1.45. The molecule has 0 saturated carbocycles. The van der Waals surface area contributed by atoms with Crippen LogP contribution in [0, 0.1) is 0 Å². The molecule has 1 aliphatic heterocycles. The van der Waals surface area contributed by atoms with E-state index in [9.17, 15) is 4.79 Å². The van der Waals surface area contributed by atoms with E-state index in [0.717, 1.165) is 37.6 Å². The number of nitrogens with zero attached hydrogens (tertiary/aromatic N) is 4. The molecule has 0 unspecified atom stereocenters. The molecule has 150 valence electrons. The van der Waals surface area contributed by atoms with Gasteiger partial charge in [0.2, 0.25) is 0 Å². The fourth-order valence-corrected chi connectivity index (χ4v) is 3.95. The lowest BCUT2D eigenvalue weighted by atomic mass is 10.0. The van der Waals surface area contributed by atoms with Crippen molar-refractivity contribution in [3.63, 3.8) is 0 Å². The summed E-state index contributed by atoms with van der Waals surface area (Å²) in [5, 5.41) is 7.67. The van der Waals surface area contributed by atoms with Crippen LogP contribution in [0.25, 0.3) is 5.82 Å². The van der Waals surface area contributed by atoms with Gasteiger partial charge < -0.3 is 5.32 Å². The molecule has 6 heteroatoms. The lowest BCUT2D eigenvalue weighted by Crippen LogP contribution is -2.37. The fourth-order valence-electron chi connectivity index (χ4n) is 3.95. The van der Waals surface area contributed by atoms with Gasteiger partial charge in [-0.05, 0) is 30.0 Å². The minimum Gasteiger partial charge on any atom is -0.348 e. The molecule has 1 saturated heterocycles. The number of carbonyl (C=O) groups excluding carboxylic acids is 1. The van der Waals surface area contributed by atoms with Gasteiger partial charge in [-0.2, -0.15) is 5.10 Å². The van der Waals surface area contributed by atoms with Crippen LogP contribution in [0.4, 0.5) is 0 Å². The highest BCUT2D eigenvalue weighted by molar-refractivity contribution is 5.95. The molecule has 3 heterocycles. The third kappa shape index (κ3) is 4.38. The number of nitrogens with one attached hydrogen (secondary N) is 1. The average Bonchev–Trinajstić information content (AvgIpc) is 3.36. The Hall–Kier alpha value is -2.99. The van der Waals surface area contributed by atoms with E-state index in [1.54, 1.807) is 17.1 Å². The first-order valence-corrected chi connectivity index (χ1v) is 10.2. The smallest absolute Gasteiger partial charge is 0.255 e. The number of likely N-dealkylation sites (tertiary alicyclic amines) is 1. The van der Waals surface area contributed by atoms with Gasteiger partial charge in [0.05, 0.1) is 17.5 Å². The molecular weight excluding hydrogens is 362 g/mol. The van der Waals surface area contributed by atoms with Gasteiger partial charge in [-0.3, -0.25) is 9.69 Å². The first-order valence-electron chi connectivity index (χ1n) is 10.2. The molecule has 6 nitrogen and oxygen atoms in total. The Morgan fingerprint density at radius 2 is 1.97 bits per heavy atom. The summed E-state index contributed by atoms with van der Waals surface area (Å²) in [5.41, 5.74) is 2.82. The van der Waals surface area contributed by atoms with Gasteiger partial charge in [0, 0.05) is 31.9 Å². The van der Waals surface area contributed by atoms with Crippen molar-refractivity contribution in [1.82, 2.24) is 25.0 Å². The molecule has 0 aliphatic carbocycles. The van der Waals surface area contributed by atoms with Gasteiger partial charge in [0.25, 0.3) is 5.91 Å². The first kappa shape index (κ1) is 19.3. The Labute approximate surface area is 171 Å². The van der Waals surface area contributed by atoms with Crippen molar-refractivity contribution in [3.05, 3.63) is 77.7 Å². The van der Waals surface area contributed by atoms with E-state index in [2.05, 4.69) is 58.4 Å². The standard InChI is InChI=1S/C23H27N5O/c1-17(2)22-20(14-25-28(22)21-10-6-7-12-24-21)23(29)26-19-11-13-27(16-19)15-18-8-4-3-5-9-18/h3-10,12,14,17,19H,11,13,15-16H2,1-2H3,(H,26,29)/t19-/m0/s1. The molecule has 0 spiro atoms. The average molecular weight is 390 g/mol. The minimum atomic E-state index is -0.0533. The zero-order valence-corrected chi connectivity index (χ0v) is 17.0. The Kier molecular flexibility index (Phi) is 5.71. The van der Waals surface area contributed by atoms with E-state index in [4.69, 9.17) is 0 Å². The SMILES string of the molecule is CC(C)c1c(C(=O)N[C@H]2CCN(Cc3ccccc3)C2)cnn1-c1ccccn1. The highest BCUT2D eigenvalue weighted by Gasteiger charge is 2.27. The number of carbonyl (C=O) groups is 1. The molecule has 1 aliphatic rings. The molecule has 1 atom stereocenters. The second kappa shape index (κ2) is 8.57. The maximum Gasteiger partial charge on any atom is 0.255 e. The lowest BCUT2D eigenvalue weighted by molar-refractivity contribution is 0.0936. The van der Waals surface area contributed by atoms with Gasteiger partial charge in [0.15, 0.2) is 5.82 Å². The summed E-state index contributed by atoms with van der Waals surface area (Å²) in [4.78, 5) is 19.8. The maximum atomic E-state index is 13.0. The normalized spacial score (nSPS) is 17.0. The van der Waals surface area contributed by atoms with Crippen molar-refractivity contribution in [1.29, 1.82) is 0 Å². The number of hydrogen-bond donors (Lipinski definition) is 1. The molecule has 3 aromatic rings. The molecule has 2 aromatic heterocycles. The van der Waals surface area contributed by atoms with Gasteiger partial charge in [-0.15, -0.1) is 0 Å². The molecule has 1 fully saturated rings. The maximum absolute atomic E-state index is 13.0. The zero-order valence-electron chi connectivity index (χ0n) is 17.0. The third-order valence-corrected chi connectivity index (χ3v) is 5.32. The van der Waals surface area contributed by atoms with E-state index in [-0.39, 0.29) is 17.9 Å². The van der Waals surface area contributed by atoms with Crippen molar-refractivity contribution < 1.29 is 4.79 Å². The number of benzene rings is 1. The van der Waals surface area contributed by atoms with Crippen LogP contribution in [0.3, 0.4) is 0 Å². The summed E-state index contributed by atoms with van der Waals surface area (Å²) in [6, 6.07) is 16.3. The predicted octanol–water partition coefficient (Wildman–Crippen LogP) is 3.40. The predicted molar refractivity (Wildman–Crippen MR) is 113 cm³/mol. The fraction of sp³-hybridized carbons (Fsp3) is 0.348. The van der Waals surface area contributed by atoms with E-state index in [1.807, 2.05) is 24.3 Å². The summed E-state index contributed by atoms with van der Waals surface area (Å²) in [6.45, 7) is 6.92. The molecule has 4 rings (SSSR count). The van der Waals surface area contributed by atoms with Crippen molar-refractivity contribution in [2.45, 2.75) is 38.8 Å². The quantitative estimate of drug-likeness (QED) is 0.702. The van der Waals surface area contributed by atoms with Crippen LogP contribution in [0.1, 0.15) is 47.8 Å². The van der Waals surface area contributed by atoms with Crippen molar-refractivity contribution in [2.24, 2.45) is 0 Å². The number of rotatable bonds is 6. The van der Waals surface area contributed by atoms with Crippen molar-refractivity contribution in [3.8, 4) is 5.82 Å². The van der Waals surface area contributed by atoms with Crippen LogP contribution in [0.5, 0.6) is 0 Å². The van der Waals surface area contributed by atoms with Crippen LogP contribution >= 0.6 is 0 Å². The van der Waals surface area contributed by atoms with Crippen molar-refractivity contribution >= 4 is 5.91 Å². The van der Waals surface area contributed by atoms with Crippen LogP contribution in [0.2, 0.25) is 0 Å². The second-order valence-electron chi connectivity index (χ2n) is 7.88. The van der Waals surface area contributed by atoms with E-state index in [0.29, 0.717) is 5.56 Å². The largest absolute Gasteiger partial charge is 0.348 e. The number of amides is 1. The van der Waals surface area contributed by atoms with Crippen LogP contribution in [0.15, 0.2) is 60.9 Å². The number of pyridine rings is 1. The van der Waals surface area contributed by atoms with E-state index >= 15 is 0 Å². The second-order valence-corrected chi connectivity index (χ2v) is 7.88. The summed E-state index contributed by atoms with van der Waals surface area (Å²) in [6.07, 6.45) is 4.36. The van der Waals surface area contributed by atoms with Gasteiger partial charge >= 0.3 is 0 Å². The topological polar surface area (TPSA) is 63.1 Å². The highest BCUT2D eigenvalue weighted by Crippen LogP contribution is 2.23. The van der Waals surface area contributed by atoms with Gasteiger partial charge in [0.1, 0.15) is 0 Å². The van der Waals surface area contributed by atoms with Crippen molar-refractivity contribution in [2.75, 3.05) is 13.1 Å². The van der Waals surface area contributed by atoms with Crippen LogP contribution in [-0.4, -0.2) is 44.7 Å². The first-order chi connectivity index (χ1) is 14.1. The molecule has 1 aromatic carbocycles. The molecule has 0 radical (unpaired) electrons. The minimum absolute atomic E-state index is 0.0533. The van der Waals surface area contributed by atoms with Gasteiger partial charge in [-0.1, -0.05) is 50.2 Å². The molecular formula is C23H27N5O. The molecule has 0 bridgehead atoms. The van der Waals surface area contributed by atoms with Crippen LogP contribution in [-0.2, 0) is 6.54 Å².